The molecule has 0 atom stereocenters. The number of rotatable bonds is 2. The lowest BCUT2D eigenvalue weighted by atomic mass is 10.3. The van der Waals surface area contributed by atoms with Gasteiger partial charge in [-0.25, -0.2) is 22.4 Å². The molecule has 0 amide bonds. The van der Waals surface area contributed by atoms with Crippen molar-refractivity contribution < 1.29 is 8.42 Å². The number of aromatic nitrogens is 3. The molecule has 0 bridgehead atoms. The molecule has 0 saturated heterocycles. The van der Waals surface area contributed by atoms with Gasteiger partial charge >= 0.3 is 0 Å². The Balaban J connectivity index is 2.34. The van der Waals surface area contributed by atoms with Crippen molar-refractivity contribution in [2.45, 2.75) is 11.8 Å². The number of hydrogen-bond acceptors (Lipinski definition) is 4. The lowest BCUT2D eigenvalue weighted by Gasteiger charge is -2.06. The molecule has 0 fully saturated rings. The molecule has 0 aliphatic heterocycles. The Bertz CT molecular complexity index is 889. The first-order valence-corrected chi connectivity index (χ1v) is 8.32. The Kier molecular flexibility index (Phi) is 3.25. The molecule has 20 heavy (non-hydrogen) atoms. The van der Waals surface area contributed by atoms with Crippen LogP contribution in [0.3, 0.4) is 0 Å². The van der Waals surface area contributed by atoms with Crippen molar-refractivity contribution in [3.63, 3.8) is 0 Å². The summed E-state index contributed by atoms with van der Waals surface area (Å²) in [4.78, 5) is 8.48. The van der Waals surface area contributed by atoms with E-state index in [0.29, 0.717) is 5.65 Å². The molecule has 1 aromatic carbocycles. The summed E-state index contributed by atoms with van der Waals surface area (Å²) in [7, 11) is -3.64. The summed E-state index contributed by atoms with van der Waals surface area (Å²) < 4.78 is 27.4. The summed E-state index contributed by atoms with van der Waals surface area (Å²) in [6, 6.07) is 8.32. The highest BCUT2D eigenvalue weighted by atomic mass is 127. The molecule has 5 nitrogen and oxygen atoms in total. The normalized spacial score (nSPS) is 11.9. The molecule has 102 valence electrons. The molecule has 0 radical (unpaired) electrons. The molecule has 3 aromatic rings. The first-order valence-electron chi connectivity index (χ1n) is 5.80. The molecular formula is C13H10IN3O2S. The maximum atomic E-state index is 12.7. The lowest BCUT2D eigenvalue weighted by molar-refractivity contribution is 0.588. The summed E-state index contributed by atoms with van der Waals surface area (Å²) in [6.45, 7) is 1.84. The van der Waals surface area contributed by atoms with Gasteiger partial charge in [-0.2, -0.15) is 0 Å². The first-order chi connectivity index (χ1) is 9.51. The number of benzene rings is 1. The summed E-state index contributed by atoms with van der Waals surface area (Å²) in [6.07, 6.45) is 2.96. The average Bonchev–Trinajstić information content (AvgIpc) is 2.79. The third-order valence-corrected chi connectivity index (χ3v) is 5.48. The van der Waals surface area contributed by atoms with Gasteiger partial charge in [0.2, 0.25) is 0 Å². The van der Waals surface area contributed by atoms with Gasteiger partial charge in [-0.1, -0.05) is 18.2 Å². The van der Waals surface area contributed by atoms with Crippen LogP contribution in [-0.4, -0.2) is 22.4 Å². The van der Waals surface area contributed by atoms with Crippen LogP contribution in [0, 0.1) is 10.5 Å². The lowest BCUT2D eigenvalue weighted by Crippen LogP contribution is -2.12. The van der Waals surface area contributed by atoms with Crippen LogP contribution in [0.5, 0.6) is 0 Å². The van der Waals surface area contributed by atoms with Crippen molar-refractivity contribution in [1.29, 1.82) is 0 Å². The minimum atomic E-state index is -3.64. The average molecular weight is 399 g/mol. The van der Waals surface area contributed by atoms with Gasteiger partial charge in [0.1, 0.15) is 6.33 Å². The van der Waals surface area contributed by atoms with E-state index in [0.717, 1.165) is 14.7 Å². The van der Waals surface area contributed by atoms with E-state index in [1.165, 1.54) is 10.3 Å². The van der Waals surface area contributed by atoms with E-state index in [9.17, 15) is 8.42 Å². The molecule has 0 N–H and O–H groups in total. The van der Waals surface area contributed by atoms with Crippen LogP contribution >= 0.6 is 22.6 Å². The highest BCUT2D eigenvalue weighted by Crippen LogP contribution is 2.26. The van der Waals surface area contributed by atoms with Crippen LogP contribution in [0.25, 0.3) is 11.0 Å². The highest BCUT2D eigenvalue weighted by molar-refractivity contribution is 14.1. The fourth-order valence-electron chi connectivity index (χ4n) is 2.03. The van der Waals surface area contributed by atoms with Gasteiger partial charge in [0.05, 0.1) is 16.0 Å². The van der Waals surface area contributed by atoms with Gasteiger partial charge in [-0.3, -0.25) is 0 Å². The third kappa shape index (κ3) is 2.01. The number of halogens is 1. The zero-order chi connectivity index (χ0) is 14.3. The molecule has 0 saturated carbocycles. The van der Waals surface area contributed by atoms with Crippen molar-refractivity contribution in [1.82, 2.24) is 13.9 Å². The fourth-order valence-corrected chi connectivity index (χ4v) is 4.46. The second-order valence-corrected chi connectivity index (χ2v) is 7.23. The molecule has 0 spiro atoms. The Morgan fingerprint density at radius 1 is 1.15 bits per heavy atom. The number of fused-ring (bicyclic) bond motifs is 1. The van der Waals surface area contributed by atoms with E-state index >= 15 is 0 Å². The predicted octanol–water partition coefficient (Wildman–Crippen LogP) is 2.58. The largest absolute Gasteiger partial charge is 0.269 e. The Hall–Kier alpha value is -1.48. The quantitative estimate of drug-likeness (QED) is 0.622. The first kappa shape index (κ1) is 13.5. The molecular weight excluding hydrogens is 389 g/mol. The van der Waals surface area contributed by atoms with Crippen molar-refractivity contribution >= 4 is 43.6 Å². The molecule has 0 aliphatic carbocycles. The second kappa shape index (κ2) is 4.81. The fraction of sp³-hybridized carbons (Fsp3) is 0.0769. The minimum Gasteiger partial charge on any atom is -0.241 e. The van der Waals surface area contributed by atoms with Crippen LogP contribution in [0.2, 0.25) is 0 Å². The van der Waals surface area contributed by atoms with Gasteiger partial charge < -0.3 is 0 Å². The van der Waals surface area contributed by atoms with Crippen LogP contribution in [-0.2, 0) is 10.0 Å². The zero-order valence-corrected chi connectivity index (χ0v) is 13.5. The Morgan fingerprint density at radius 2 is 1.85 bits per heavy atom. The summed E-state index contributed by atoms with van der Waals surface area (Å²) >= 11 is 2.10. The molecule has 2 aromatic heterocycles. The molecule has 7 heteroatoms. The molecule has 3 rings (SSSR count). The van der Waals surface area contributed by atoms with Crippen LogP contribution in [0.15, 0.2) is 47.8 Å². The van der Waals surface area contributed by atoms with Crippen molar-refractivity contribution in [3.05, 3.63) is 52.1 Å². The van der Waals surface area contributed by atoms with E-state index in [2.05, 4.69) is 32.6 Å². The highest BCUT2D eigenvalue weighted by Gasteiger charge is 2.22. The van der Waals surface area contributed by atoms with Crippen LogP contribution < -0.4 is 0 Å². The zero-order valence-electron chi connectivity index (χ0n) is 10.5. The van der Waals surface area contributed by atoms with Gasteiger partial charge in [0, 0.05) is 9.77 Å². The van der Waals surface area contributed by atoms with Gasteiger partial charge in [-0.15, -0.1) is 0 Å². The SMILES string of the molecule is Cc1ncnc2c1c(I)cn2S(=O)(=O)c1ccccc1. The van der Waals surface area contributed by atoms with Gasteiger partial charge in [0.15, 0.2) is 5.65 Å². The van der Waals surface area contributed by atoms with Gasteiger partial charge in [0.25, 0.3) is 10.0 Å². The summed E-state index contributed by atoms with van der Waals surface area (Å²) in [5.41, 5.74) is 1.17. The molecule has 2 heterocycles. The number of hydrogen-bond donors (Lipinski definition) is 0. The number of nitrogens with zero attached hydrogens (tertiary/aromatic N) is 3. The van der Waals surface area contributed by atoms with Crippen molar-refractivity contribution in [3.8, 4) is 0 Å². The second-order valence-electron chi connectivity index (χ2n) is 4.25. The standard InChI is InChI=1S/C13H10IN3O2S/c1-9-12-11(14)7-17(13(12)16-8-15-9)20(18,19)10-5-3-2-4-6-10/h2-8H,1H3. The predicted molar refractivity (Wildman–Crippen MR) is 84.0 cm³/mol. The molecule has 0 aliphatic rings. The van der Waals surface area contributed by atoms with Crippen molar-refractivity contribution in [2.75, 3.05) is 0 Å². The van der Waals surface area contributed by atoms with E-state index < -0.39 is 10.0 Å². The summed E-state index contributed by atoms with van der Waals surface area (Å²) in [5.74, 6) is 0. The van der Waals surface area contributed by atoms with Crippen molar-refractivity contribution in [2.24, 2.45) is 0 Å². The summed E-state index contributed by atoms with van der Waals surface area (Å²) in [5, 5.41) is 0.771. The Morgan fingerprint density at radius 3 is 2.55 bits per heavy atom. The van der Waals surface area contributed by atoms with Gasteiger partial charge in [-0.05, 0) is 41.6 Å². The maximum absolute atomic E-state index is 12.7. The molecule has 0 unspecified atom stereocenters. The maximum Gasteiger partial charge on any atom is 0.269 e. The smallest absolute Gasteiger partial charge is 0.241 e. The van der Waals surface area contributed by atoms with E-state index in [1.807, 2.05) is 6.92 Å². The van der Waals surface area contributed by atoms with E-state index in [-0.39, 0.29) is 4.90 Å². The number of aryl methyl sites for hydroxylation is 1. The minimum absolute atomic E-state index is 0.240. The van der Waals surface area contributed by atoms with E-state index in [1.54, 1.807) is 36.5 Å². The topological polar surface area (TPSA) is 64.8 Å². The Labute approximate surface area is 129 Å². The van der Waals surface area contributed by atoms with E-state index in [4.69, 9.17) is 0 Å². The third-order valence-electron chi connectivity index (χ3n) is 3.00. The monoisotopic (exact) mass is 399 g/mol. The van der Waals surface area contributed by atoms with Crippen LogP contribution in [0.4, 0.5) is 0 Å². The van der Waals surface area contributed by atoms with Crippen LogP contribution in [0.1, 0.15) is 5.69 Å².